The molecule has 0 aromatic heterocycles. The van der Waals surface area contributed by atoms with E-state index in [-0.39, 0.29) is 11.6 Å². The molecule has 18 heavy (non-hydrogen) atoms. The Hall–Kier alpha value is -1.91. The van der Waals surface area contributed by atoms with Gasteiger partial charge < -0.3 is 5.32 Å². The quantitative estimate of drug-likeness (QED) is 0.611. The van der Waals surface area contributed by atoms with Crippen LogP contribution in [0.5, 0.6) is 0 Å². The van der Waals surface area contributed by atoms with E-state index in [1.807, 2.05) is 0 Å². The average molecular weight is 246 g/mol. The summed E-state index contributed by atoms with van der Waals surface area (Å²) in [7, 11) is 0. The van der Waals surface area contributed by atoms with Crippen LogP contribution in [0.3, 0.4) is 0 Å². The molecule has 0 radical (unpaired) electrons. The molecule has 94 valence electrons. The van der Waals surface area contributed by atoms with Crippen LogP contribution in [0, 0.1) is 17.0 Å². The van der Waals surface area contributed by atoms with E-state index < -0.39 is 10.3 Å². The number of fused-ring (bicyclic) bond motifs is 2. The van der Waals surface area contributed by atoms with E-state index in [0.717, 1.165) is 42.5 Å². The molecule has 1 aromatic carbocycles. The number of nitrogens with zero attached hydrogens (tertiary/aromatic N) is 1. The maximum absolute atomic E-state index is 12.2. The molecular formula is C13H14N2O3. The zero-order valence-electron chi connectivity index (χ0n) is 10.2. The SMILES string of the molecule is Cc1cc([N+](=O)[O-])cc2c1NC(=O)C21CCCC1. The molecule has 0 saturated heterocycles. The number of rotatable bonds is 1. The van der Waals surface area contributed by atoms with Gasteiger partial charge in [-0.05, 0) is 30.9 Å². The summed E-state index contributed by atoms with van der Waals surface area (Å²) >= 11 is 0. The Bertz CT molecular complexity index is 560. The Labute approximate surface area is 104 Å². The molecule has 5 heteroatoms. The van der Waals surface area contributed by atoms with Gasteiger partial charge in [0.25, 0.3) is 5.69 Å². The number of amides is 1. The van der Waals surface area contributed by atoms with Gasteiger partial charge in [0.1, 0.15) is 0 Å². The predicted molar refractivity (Wildman–Crippen MR) is 66.6 cm³/mol. The van der Waals surface area contributed by atoms with Gasteiger partial charge in [0.05, 0.1) is 10.3 Å². The maximum atomic E-state index is 12.2. The van der Waals surface area contributed by atoms with Crippen LogP contribution in [0.1, 0.15) is 36.8 Å². The summed E-state index contributed by atoms with van der Waals surface area (Å²) in [5.74, 6) is 0.0126. The topological polar surface area (TPSA) is 72.2 Å². The lowest BCUT2D eigenvalue weighted by Crippen LogP contribution is -2.30. The fourth-order valence-electron chi connectivity index (χ4n) is 3.25. The van der Waals surface area contributed by atoms with Gasteiger partial charge in [0.15, 0.2) is 0 Å². The Morgan fingerprint density at radius 3 is 2.61 bits per heavy atom. The van der Waals surface area contributed by atoms with Gasteiger partial charge in [-0.15, -0.1) is 0 Å². The Morgan fingerprint density at radius 2 is 2.00 bits per heavy atom. The number of aryl methyl sites for hydroxylation is 1. The lowest BCUT2D eigenvalue weighted by molar-refractivity contribution is -0.385. The van der Waals surface area contributed by atoms with Crippen LogP contribution in [0.25, 0.3) is 0 Å². The molecule has 2 aliphatic rings. The summed E-state index contributed by atoms with van der Waals surface area (Å²) in [6, 6.07) is 3.10. The van der Waals surface area contributed by atoms with Crippen molar-refractivity contribution < 1.29 is 9.72 Å². The van der Waals surface area contributed by atoms with Crippen molar-refractivity contribution in [3.8, 4) is 0 Å². The highest BCUT2D eigenvalue weighted by Gasteiger charge is 2.49. The van der Waals surface area contributed by atoms with Gasteiger partial charge in [-0.2, -0.15) is 0 Å². The van der Waals surface area contributed by atoms with E-state index in [1.54, 1.807) is 13.0 Å². The molecule has 0 bridgehead atoms. The minimum Gasteiger partial charge on any atom is -0.325 e. The molecule has 1 aromatic rings. The smallest absolute Gasteiger partial charge is 0.270 e. The predicted octanol–water partition coefficient (Wildman–Crippen LogP) is 2.67. The minimum absolute atomic E-state index is 0.0126. The van der Waals surface area contributed by atoms with Crippen LogP contribution in [0.4, 0.5) is 11.4 Å². The molecular weight excluding hydrogens is 232 g/mol. The lowest BCUT2D eigenvalue weighted by atomic mass is 9.79. The highest BCUT2D eigenvalue weighted by Crippen LogP contribution is 2.50. The second-order valence-electron chi connectivity index (χ2n) is 5.19. The molecule has 0 atom stereocenters. The van der Waals surface area contributed by atoms with Crippen LogP contribution >= 0.6 is 0 Å². The first-order valence-electron chi connectivity index (χ1n) is 6.15. The largest absolute Gasteiger partial charge is 0.325 e. The molecule has 5 nitrogen and oxygen atoms in total. The highest BCUT2D eigenvalue weighted by atomic mass is 16.6. The first-order valence-corrected chi connectivity index (χ1v) is 6.15. The number of carbonyl (C=O) groups is 1. The van der Waals surface area contributed by atoms with E-state index in [2.05, 4.69) is 5.32 Å². The second-order valence-corrected chi connectivity index (χ2v) is 5.19. The van der Waals surface area contributed by atoms with E-state index >= 15 is 0 Å². The molecule has 1 aliphatic carbocycles. The first kappa shape index (κ1) is 11.2. The molecule has 1 amide bonds. The number of nitro benzene ring substituents is 1. The van der Waals surface area contributed by atoms with Crippen molar-refractivity contribution in [3.05, 3.63) is 33.4 Å². The summed E-state index contributed by atoms with van der Waals surface area (Å²) in [4.78, 5) is 22.8. The highest BCUT2D eigenvalue weighted by molar-refractivity contribution is 6.07. The average Bonchev–Trinajstić information content (AvgIpc) is 2.90. The normalized spacial score (nSPS) is 19.9. The monoisotopic (exact) mass is 246 g/mol. The number of nitrogens with one attached hydrogen (secondary N) is 1. The zero-order chi connectivity index (χ0) is 12.9. The van der Waals surface area contributed by atoms with Crippen molar-refractivity contribution in [1.82, 2.24) is 0 Å². The maximum Gasteiger partial charge on any atom is 0.270 e. The van der Waals surface area contributed by atoms with E-state index in [0.29, 0.717) is 0 Å². The van der Waals surface area contributed by atoms with Crippen LogP contribution in [-0.4, -0.2) is 10.8 Å². The molecule has 1 saturated carbocycles. The first-order chi connectivity index (χ1) is 8.54. The fourth-order valence-corrected chi connectivity index (χ4v) is 3.25. The third-order valence-corrected chi connectivity index (χ3v) is 4.18. The minimum atomic E-state index is -0.508. The van der Waals surface area contributed by atoms with Crippen LogP contribution in [0.2, 0.25) is 0 Å². The number of nitro groups is 1. The third kappa shape index (κ3) is 1.30. The molecule has 1 spiro atoms. The number of non-ortho nitro benzene ring substituents is 1. The van der Waals surface area contributed by atoms with Gasteiger partial charge in [0, 0.05) is 17.8 Å². The van der Waals surface area contributed by atoms with Crippen molar-refractivity contribution in [2.24, 2.45) is 0 Å². The second kappa shape index (κ2) is 3.54. The van der Waals surface area contributed by atoms with Gasteiger partial charge in [-0.25, -0.2) is 0 Å². The van der Waals surface area contributed by atoms with Gasteiger partial charge >= 0.3 is 0 Å². The molecule has 1 fully saturated rings. The molecule has 1 aliphatic heterocycles. The summed E-state index contributed by atoms with van der Waals surface area (Å²) < 4.78 is 0. The van der Waals surface area contributed by atoms with E-state index in [9.17, 15) is 14.9 Å². The number of carbonyl (C=O) groups excluding carboxylic acids is 1. The van der Waals surface area contributed by atoms with Crippen LogP contribution in [0.15, 0.2) is 12.1 Å². The molecule has 0 unspecified atom stereocenters. The van der Waals surface area contributed by atoms with E-state index in [1.165, 1.54) is 6.07 Å². The van der Waals surface area contributed by atoms with Gasteiger partial charge in [0.2, 0.25) is 5.91 Å². The number of hydrogen-bond donors (Lipinski definition) is 1. The summed E-state index contributed by atoms with van der Waals surface area (Å²) in [6.45, 7) is 1.81. The Balaban J connectivity index is 2.22. The molecule has 1 N–H and O–H groups in total. The van der Waals surface area contributed by atoms with Crippen LogP contribution < -0.4 is 5.32 Å². The molecule has 1 heterocycles. The van der Waals surface area contributed by atoms with Crippen LogP contribution in [-0.2, 0) is 10.2 Å². The third-order valence-electron chi connectivity index (χ3n) is 4.18. The van der Waals surface area contributed by atoms with Gasteiger partial charge in [-0.3, -0.25) is 14.9 Å². The van der Waals surface area contributed by atoms with Crippen molar-refractivity contribution in [2.75, 3.05) is 5.32 Å². The Kier molecular flexibility index (Phi) is 2.20. The Morgan fingerprint density at radius 1 is 1.33 bits per heavy atom. The summed E-state index contributed by atoms with van der Waals surface area (Å²) in [6.07, 6.45) is 3.61. The van der Waals surface area contributed by atoms with Gasteiger partial charge in [-0.1, -0.05) is 12.8 Å². The van der Waals surface area contributed by atoms with E-state index in [4.69, 9.17) is 0 Å². The number of benzene rings is 1. The van der Waals surface area contributed by atoms with Crippen molar-refractivity contribution in [3.63, 3.8) is 0 Å². The standard InChI is InChI=1S/C13H14N2O3/c1-8-6-9(15(17)18)7-10-11(8)14-12(16)13(10)4-2-3-5-13/h6-7H,2-5H2,1H3,(H,14,16). The van der Waals surface area contributed by atoms with Crippen molar-refractivity contribution >= 4 is 17.3 Å². The molecule has 3 rings (SSSR count). The van der Waals surface area contributed by atoms with Crippen molar-refractivity contribution in [2.45, 2.75) is 38.0 Å². The zero-order valence-corrected chi connectivity index (χ0v) is 10.2. The fraction of sp³-hybridized carbons (Fsp3) is 0.462. The summed E-state index contributed by atoms with van der Waals surface area (Å²) in [5, 5.41) is 13.8. The summed E-state index contributed by atoms with van der Waals surface area (Å²) in [5.41, 5.74) is 1.96. The number of hydrogen-bond acceptors (Lipinski definition) is 3. The lowest BCUT2D eigenvalue weighted by Gasteiger charge is -2.20. The number of anilines is 1. The van der Waals surface area contributed by atoms with Crippen molar-refractivity contribution in [1.29, 1.82) is 0 Å².